The van der Waals surface area contributed by atoms with Crippen LogP contribution in [0.15, 0.2) is 53.5 Å². The fourth-order valence-corrected chi connectivity index (χ4v) is 2.73. The zero-order valence-corrected chi connectivity index (χ0v) is 13.2. The summed E-state index contributed by atoms with van der Waals surface area (Å²) in [7, 11) is 0. The highest BCUT2D eigenvalue weighted by Crippen LogP contribution is 2.17. The van der Waals surface area contributed by atoms with Crippen molar-refractivity contribution in [3.63, 3.8) is 0 Å². The molecule has 3 aromatic rings. The van der Waals surface area contributed by atoms with E-state index >= 15 is 0 Å². The van der Waals surface area contributed by atoms with Gasteiger partial charge in [-0.2, -0.15) is 0 Å². The Morgan fingerprint density at radius 1 is 1.17 bits per heavy atom. The summed E-state index contributed by atoms with van der Waals surface area (Å²) in [5.74, 6) is 0. The Hall–Kier alpha value is -2.59. The van der Waals surface area contributed by atoms with Crippen LogP contribution < -0.4 is 5.43 Å². The summed E-state index contributed by atoms with van der Waals surface area (Å²) in [5, 5.41) is 10.4. The predicted molar refractivity (Wildman–Crippen MR) is 90.6 cm³/mol. The van der Waals surface area contributed by atoms with Crippen molar-refractivity contribution in [1.82, 2.24) is 4.57 Å². The highest BCUT2D eigenvalue weighted by Gasteiger charge is 2.13. The largest absolute Gasteiger partial charge is 0.464 e. The summed E-state index contributed by atoms with van der Waals surface area (Å²) in [5.41, 5.74) is 2.50. The molecule has 2 aromatic carbocycles. The van der Waals surface area contributed by atoms with E-state index in [1.165, 1.54) is 6.20 Å². The van der Waals surface area contributed by atoms with Gasteiger partial charge in [-0.15, -0.1) is 0 Å². The van der Waals surface area contributed by atoms with Gasteiger partial charge >= 0.3 is 6.09 Å². The number of fused-ring (bicyclic) bond motifs is 1. The van der Waals surface area contributed by atoms with Crippen LogP contribution >= 0.6 is 11.6 Å². The Morgan fingerprint density at radius 2 is 1.87 bits per heavy atom. The van der Waals surface area contributed by atoms with Crippen molar-refractivity contribution < 1.29 is 9.90 Å². The first-order valence-electron chi connectivity index (χ1n) is 7.08. The number of rotatable bonds is 2. The molecule has 4 nitrogen and oxygen atoms in total. The number of hydrogen-bond acceptors (Lipinski definition) is 2. The van der Waals surface area contributed by atoms with Crippen LogP contribution in [-0.4, -0.2) is 15.8 Å². The lowest BCUT2D eigenvalue weighted by Gasteiger charge is -2.10. The van der Waals surface area contributed by atoms with E-state index in [0.717, 1.165) is 15.7 Å². The Kier molecular flexibility index (Phi) is 3.92. The van der Waals surface area contributed by atoms with Gasteiger partial charge in [-0.25, -0.2) is 4.79 Å². The van der Waals surface area contributed by atoms with E-state index < -0.39 is 6.09 Å². The number of nitrogens with zero attached hydrogens (tertiary/aromatic N) is 1. The van der Waals surface area contributed by atoms with Crippen LogP contribution in [0.2, 0.25) is 5.02 Å². The third-order valence-electron chi connectivity index (χ3n) is 3.75. The predicted octanol–water partition coefficient (Wildman–Crippen LogP) is 4.08. The van der Waals surface area contributed by atoms with Crippen molar-refractivity contribution in [3.8, 4) is 0 Å². The standard InChI is InChI=1S/C18H14ClNO3/c1-11-2-7-16-15(8-11)17(21)13(10-20(16)18(22)23)9-12-3-5-14(19)6-4-12/h2-8,10H,9H2,1H3,(H,22,23). The first-order valence-corrected chi connectivity index (χ1v) is 7.46. The summed E-state index contributed by atoms with van der Waals surface area (Å²) in [4.78, 5) is 24.2. The van der Waals surface area contributed by atoms with E-state index in [0.29, 0.717) is 27.9 Å². The van der Waals surface area contributed by atoms with Crippen molar-refractivity contribution in [1.29, 1.82) is 0 Å². The van der Waals surface area contributed by atoms with Gasteiger partial charge < -0.3 is 5.11 Å². The molecule has 1 N–H and O–H groups in total. The number of aryl methyl sites for hydroxylation is 1. The molecule has 23 heavy (non-hydrogen) atoms. The molecule has 1 heterocycles. The lowest BCUT2D eigenvalue weighted by Crippen LogP contribution is -2.19. The first kappa shape index (κ1) is 15.3. The SMILES string of the molecule is Cc1ccc2c(c1)c(=O)c(Cc1ccc(Cl)cc1)cn2C(=O)O. The number of halogens is 1. The minimum atomic E-state index is -1.11. The van der Waals surface area contributed by atoms with Gasteiger partial charge in [0.2, 0.25) is 0 Å². The van der Waals surface area contributed by atoms with Gasteiger partial charge in [-0.1, -0.05) is 35.4 Å². The van der Waals surface area contributed by atoms with Crippen LogP contribution in [-0.2, 0) is 6.42 Å². The second-order valence-electron chi connectivity index (χ2n) is 5.46. The highest BCUT2D eigenvalue weighted by molar-refractivity contribution is 6.30. The van der Waals surface area contributed by atoms with Crippen molar-refractivity contribution in [2.24, 2.45) is 0 Å². The van der Waals surface area contributed by atoms with E-state index in [1.807, 2.05) is 19.1 Å². The average molecular weight is 328 g/mol. The molecule has 0 atom stereocenters. The van der Waals surface area contributed by atoms with Crippen LogP contribution in [0.1, 0.15) is 16.7 Å². The smallest absolute Gasteiger partial charge is 0.416 e. The van der Waals surface area contributed by atoms with E-state index in [4.69, 9.17) is 11.6 Å². The normalized spacial score (nSPS) is 10.9. The minimum absolute atomic E-state index is 0.142. The Balaban J connectivity index is 2.20. The molecule has 0 aliphatic carbocycles. The van der Waals surface area contributed by atoms with Gasteiger partial charge in [0.1, 0.15) is 0 Å². The number of carboxylic acid groups (broad SMARTS) is 1. The third kappa shape index (κ3) is 2.98. The fourth-order valence-electron chi connectivity index (χ4n) is 2.61. The molecule has 0 unspecified atom stereocenters. The molecule has 0 saturated heterocycles. The van der Waals surface area contributed by atoms with Crippen LogP contribution in [0.25, 0.3) is 10.9 Å². The monoisotopic (exact) mass is 327 g/mol. The number of pyridine rings is 1. The quantitative estimate of drug-likeness (QED) is 0.771. The second kappa shape index (κ2) is 5.89. The number of aromatic nitrogens is 1. The van der Waals surface area contributed by atoms with E-state index in [9.17, 15) is 14.7 Å². The molecule has 0 saturated carbocycles. The van der Waals surface area contributed by atoms with Gasteiger partial charge in [0, 0.05) is 28.6 Å². The van der Waals surface area contributed by atoms with Crippen molar-refractivity contribution in [2.45, 2.75) is 13.3 Å². The molecule has 0 radical (unpaired) electrons. The van der Waals surface area contributed by atoms with Gasteiger partial charge in [-0.3, -0.25) is 9.36 Å². The highest BCUT2D eigenvalue weighted by atomic mass is 35.5. The van der Waals surface area contributed by atoms with Crippen LogP contribution in [0.5, 0.6) is 0 Å². The number of hydrogen-bond donors (Lipinski definition) is 1. The average Bonchev–Trinajstić information content (AvgIpc) is 2.52. The summed E-state index contributed by atoms with van der Waals surface area (Å²) in [6.45, 7) is 1.87. The van der Waals surface area contributed by atoms with Crippen molar-refractivity contribution >= 4 is 28.6 Å². The maximum absolute atomic E-state index is 12.7. The maximum atomic E-state index is 12.7. The topological polar surface area (TPSA) is 59.3 Å². The number of carbonyl (C=O) groups is 1. The molecule has 0 aliphatic rings. The van der Waals surface area contributed by atoms with Gasteiger partial charge in [-0.05, 0) is 36.8 Å². The molecule has 0 fully saturated rings. The van der Waals surface area contributed by atoms with Crippen LogP contribution in [0.3, 0.4) is 0 Å². The Bertz CT molecular complexity index is 958. The molecule has 0 bridgehead atoms. The molecule has 1 aromatic heterocycles. The van der Waals surface area contributed by atoms with Gasteiger partial charge in [0.15, 0.2) is 5.43 Å². The fraction of sp³-hybridized carbons (Fsp3) is 0.111. The maximum Gasteiger partial charge on any atom is 0.416 e. The zero-order chi connectivity index (χ0) is 16.6. The van der Waals surface area contributed by atoms with E-state index in [2.05, 4.69) is 0 Å². The van der Waals surface area contributed by atoms with Gasteiger partial charge in [0.25, 0.3) is 0 Å². The van der Waals surface area contributed by atoms with Crippen molar-refractivity contribution in [3.05, 3.63) is 80.6 Å². The molecule has 0 spiro atoms. The molecule has 116 valence electrons. The number of benzene rings is 2. The lowest BCUT2D eigenvalue weighted by molar-refractivity contribution is 0.197. The molecule has 5 heteroatoms. The van der Waals surface area contributed by atoms with Gasteiger partial charge in [0.05, 0.1) is 5.52 Å². The molecule has 3 rings (SSSR count). The van der Waals surface area contributed by atoms with E-state index in [-0.39, 0.29) is 5.43 Å². The Morgan fingerprint density at radius 3 is 2.52 bits per heavy atom. The van der Waals surface area contributed by atoms with Crippen LogP contribution in [0.4, 0.5) is 4.79 Å². The summed E-state index contributed by atoms with van der Waals surface area (Å²) in [6, 6.07) is 12.3. The summed E-state index contributed by atoms with van der Waals surface area (Å²) >= 11 is 5.86. The van der Waals surface area contributed by atoms with E-state index in [1.54, 1.807) is 30.3 Å². The molecular formula is C18H14ClNO3. The molecular weight excluding hydrogens is 314 g/mol. The molecule has 0 amide bonds. The Labute approximate surface area is 137 Å². The minimum Gasteiger partial charge on any atom is -0.464 e. The lowest BCUT2D eigenvalue weighted by atomic mass is 10.0. The van der Waals surface area contributed by atoms with Crippen LogP contribution in [0, 0.1) is 6.92 Å². The second-order valence-corrected chi connectivity index (χ2v) is 5.90. The first-order chi connectivity index (χ1) is 11.0. The van der Waals surface area contributed by atoms with Crippen molar-refractivity contribution in [2.75, 3.05) is 0 Å². The molecule has 0 aliphatic heterocycles. The summed E-state index contributed by atoms with van der Waals surface area (Å²) < 4.78 is 1.10. The summed E-state index contributed by atoms with van der Waals surface area (Å²) in [6.07, 6.45) is 0.639. The zero-order valence-electron chi connectivity index (χ0n) is 12.4. The third-order valence-corrected chi connectivity index (χ3v) is 4.00.